The Morgan fingerprint density at radius 2 is 1.82 bits per heavy atom. The second kappa shape index (κ2) is 8.55. The maximum absolute atomic E-state index is 12.5. The Kier molecular flexibility index (Phi) is 6.13. The molecule has 0 spiro atoms. The zero-order chi connectivity index (χ0) is 20.1. The molecule has 0 aliphatic rings. The van der Waals surface area contributed by atoms with E-state index in [0.717, 1.165) is 9.87 Å². The number of likely N-dealkylation sites (N-methyl/N-ethyl adjacent to an activating group) is 1. The number of benzene rings is 2. The molecule has 0 fully saturated rings. The Labute approximate surface area is 167 Å². The Hall–Kier alpha value is -2.68. The molecule has 0 radical (unpaired) electrons. The van der Waals surface area contributed by atoms with Crippen LogP contribution >= 0.6 is 11.6 Å². The minimum atomic E-state index is -3.83. The molecular weight excluding hydrogens is 404 g/mol. The molecule has 146 valence electrons. The maximum atomic E-state index is 12.5. The standard InChI is InChI=1S/C19H17ClN2O5S/c1-22(28(24,25)17-9-7-15(20)8-10-17)11-18(23)26-12-16-13-27-19(21-16)14-5-3-2-4-6-14/h2-10,13H,11-12H2,1H3. The number of oxazole rings is 1. The average molecular weight is 421 g/mol. The molecule has 28 heavy (non-hydrogen) atoms. The molecule has 0 atom stereocenters. The van der Waals surface area contributed by atoms with Gasteiger partial charge in [-0.15, -0.1) is 0 Å². The van der Waals surface area contributed by atoms with E-state index < -0.39 is 22.5 Å². The van der Waals surface area contributed by atoms with Gasteiger partial charge in [-0.25, -0.2) is 13.4 Å². The summed E-state index contributed by atoms with van der Waals surface area (Å²) >= 11 is 5.77. The lowest BCUT2D eigenvalue weighted by atomic mass is 10.2. The number of esters is 1. The first kappa shape index (κ1) is 20.1. The van der Waals surface area contributed by atoms with Crippen LogP contribution in [0.2, 0.25) is 5.02 Å². The molecule has 0 saturated carbocycles. The molecular formula is C19H17ClN2O5S. The number of nitrogens with zero attached hydrogens (tertiary/aromatic N) is 2. The molecule has 0 unspecified atom stereocenters. The lowest BCUT2D eigenvalue weighted by Crippen LogP contribution is -2.33. The largest absolute Gasteiger partial charge is 0.458 e. The fraction of sp³-hybridized carbons (Fsp3) is 0.158. The Morgan fingerprint density at radius 1 is 1.14 bits per heavy atom. The lowest BCUT2D eigenvalue weighted by Gasteiger charge is -2.16. The van der Waals surface area contributed by atoms with Crippen molar-refractivity contribution in [3.8, 4) is 11.5 Å². The smallest absolute Gasteiger partial charge is 0.321 e. The first-order chi connectivity index (χ1) is 13.4. The van der Waals surface area contributed by atoms with Gasteiger partial charge in [0.2, 0.25) is 15.9 Å². The number of carbonyl (C=O) groups excluding carboxylic acids is 1. The van der Waals surface area contributed by atoms with Crippen molar-refractivity contribution in [2.45, 2.75) is 11.5 Å². The van der Waals surface area contributed by atoms with Crippen LogP contribution in [-0.4, -0.2) is 37.3 Å². The van der Waals surface area contributed by atoms with E-state index in [1.165, 1.54) is 37.6 Å². The van der Waals surface area contributed by atoms with Crippen molar-refractivity contribution in [2.75, 3.05) is 13.6 Å². The van der Waals surface area contributed by atoms with Crippen molar-refractivity contribution >= 4 is 27.6 Å². The fourth-order valence-corrected chi connectivity index (χ4v) is 3.58. The summed E-state index contributed by atoms with van der Waals surface area (Å²) < 4.78 is 36.3. The van der Waals surface area contributed by atoms with Gasteiger partial charge >= 0.3 is 5.97 Å². The zero-order valence-corrected chi connectivity index (χ0v) is 16.5. The van der Waals surface area contributed by atoms with Crippen molar-refractivity contribution < 1.29 is 22.4 Å². The second-order valence-electron chi connectivity index (χ2n) is 5.89. The van der Waals surface area contributed by atoms with Gasteiger partial charge in [-0.2, -0.15) is 4.31 Å². The number of sulfonamides is 1. The summed E-state index contributed by atoms with van der Waals surface area (Å²) in [5.41, 5.74) is 1.23. The number of hydrogen-bond donors (Lipinski definition) is 0. The first-order valence-corrected chi connectivity index (χ1v) is 10.1. The summed E-state index contributed by atoms with van der Waals surface area (Å²) in [6.45, 7) is -0.557. The predicted octanol–water partition coefficient (Wildman–Crippen LogP) is 3.36. The van der Waals surface area contributed by atoms with E-state index in [-0.39, 0.29) is 11.5 Å². The number of hydrogen-bond acceptors (Lipinski definition) is 6. The summed E-state index contributed by atoms with van der Waals surface area (Å²) in [6.07, 6.45) is 1.39. The molecule has 0 bridgehead atoms. The van der Waals surface area contributed by atoms with E-state index >= 15 is 0 Å². The SMILES string of the molecule is CN(CC(=O)OCc1coc(-c2ccccc2)n1)S(=O)(=O)c1ccc(Cl)cc1. The topological polar surface area (TPSA) is 89.7 Å². The van der Waals surface area contributed by atoms with Crippen LogP contribution < -0.4 is 0 Å². The molecule has 0 N–H and O–H groups in total. The van der Waals surface area contributed by atoms with Crippen LogP contribution in [0.15, 0.2) is 70.2 Å². The summed E-state index contributed by atoms with van der Waals surface area (Å²) in [5, 5.41) is 0.420. The number of halogens is 1. The van der Waals surface area contributed by atoms with Gasteiger partial charge < -0.3 is 9.15 Å². The van der Waals surface area contributed by atoms with Crippen LogP contribution in [0.3, 0.4) is 0 Å². The summed E-state index contributed by atoms with van der Waals surface area (Å²) in [6, 6.07) is 15.0. The molecule has 0 aliphatic carbocycles. The van der Waals surface area contributed by atoms with Crippen molar-refractivity contribution in [3.63, 3.8) is 0 Å². The van der Waals surface area contributed by atoms with Gasteiger partial charge in [-0.3, -0.25) is 4.79 Å². The highest BCUT2D eigenvalue weighted by Crippen LogP contribution is 2.19. The third-order valence-corrected chi connectivity index (χ3v) is 5.90. The predicted molar refractivity (Wildman–Crippen MR) is 103 cm³/mol. The first-order valence-electron chi connectivity index (χ1n) is 8.23. The van der Waals surface area contributed by atoms with Gasteiger partial charge in [0.15, 0.2) is 0 Å². The van der Waals surface area contributed by atoms with Crippen LogP contribution in [0.5, 0.6) is 0 Å². The lowest BCUT2D eigenvalue weighted by molar-refractivity contribution is -0.145. The minimum Gasteiger partial charge on any atom is -0.458 e. The van der Waals surface area contributed by atoms with E-state index in [1.54, 1.807) is 0 Å². The number of aromatic nitrogens is 1. The Balaban J connectivity index is 1.57. The molecule has 0 aliphatic heterocycles. The molecule has 1 heterocycles. The zero-order valence-electron chi connectivity index (χ0n) is 14.9. The number of rotatable bonds is 7. The minimum absolute atomic E-state index is 0.0382. The molecule has 3 rings (SSSR count). The van der Waals surface area contributed by atoms with Crippen LogP contribution in [0.25, 0.3) is 11.5 Å². The van der Waals surface area contributed by atoms with Crippen molar-refractivity contribution in [1.82, 2.24) is 9.29 Å². The van der Waals surface area contributed by atoms with Crippen LogP contribution in [0.4, 0.5) is 0 Å². The quantitative estimate of drug-likeness (QED) is 0.544. The van der Waals surface area contributed by atoms with Crippen molar-refractivity contribution in [1.29, 1.82) is 0 Å². The van der Waals surface area contributed by atoms with Gasteiger partial charge in [0, 0.05) is 17.6 Å². The second-order valence-corrected chi connectivity index (χ2v) is 8.37. The third kappa shape index (κ3) is 4.78. The number of ether oxygens (including phenoxy) is 1. The Morgan fingerprint density at radius 3 is 2.50 bits per heavy atom. The molecule has 1 aromatic heterocycles. The van der Waals surface area contributed by atoms with Crippen LogP contribution in [0, 0.1) is 0 Å². The van der Waals surface area contributed by atoms with Gasteiger partial charge in [0.1, 0.15) is 25.1 Å². The van der Waals surface area contributed by atoms with E-state index in [1.807, 2.05) is 30.3 Å². The normalized spacial score (nSPS) is 11.5. The third-order valence-electron chi connectivity index (χ3n) is 3.83. The highest BCUT2D eigenvalue weighted by atomic mass is 35.5. The van der Waals surface area contributed by atoms with E-state index in [0.29, 0.717) is 16.6 Å². The van der Waals surface area contributed by atoms with E-state index in [2.05, 4.69) is 4.98 Å². The highest BCUT2D eigenvalue weighted by Gasteiger charge is 2.23. The van der Waals surface area contributed by atoms with Crippen LogP contribution in [-0.2, 0) is 26.2 Å². The van der Waals surface area contributed by atoms with Gasteiger partial charge in [0.05, 0.1) is 4.90 Å². The van der Waals surface area contributed by atoms with Gasteiger partial charge in [0.25, 0.3) is 0 Å². The number of carbonyl (C=O) groups is 1. The molecule has 3 aromatic rings. The van der Waals surface area contributed by atoms with E-state index in [4.69, 9.17) is 20.8 Å². The van der Waals surface area contributed by atoms with Gasteiger partial charge in [-0.1, -0.05) is 29.8 Å². The maximum Gasteiger partial charge on any atom is 0.321 e. The molecule has 0 saturated heterocycles. The summed E-state index contributed by atoms with van der Waals surface area (Å²) in [7, 11) is -2.53. The molecule has 2 aromatic carbocycles. The van der Waals surface area contributed by atoms with E-state index in [9.17, 15) is 13.2 Å². The van der Waals surface area contributed by atoms with Gasteiger partial charge in [-0.05, 0) is 36.4 Å². The fourth-order valence-electron chi connectivity index (χ4n) is 2.34. The monoisotopic (exact) mass is 420 g/mol. The summed E-state index contributed by atoms with van der Waals surface area (Å²) in [4.78, 5) is 16.3. The molecule has 9 heteroatoms. The molecule has 7 nitrogen and oxygen atoms in total. The summed E-state index contributed by atoms with van der Waals surface area (Å²) in [5.74, 6) is -0.293. The highest BCUT2D eigenvalue weighted by molar-refractivity contribution is 7.89. The van der Waals surface area contributed by atoms with Crippen molar-refractivity contribution in [2.24, 2.45) is 0 Å². The average Bonchev–Trinajstić information content (AvgIpc) is 3.16. The van der Waals surface area contributed by atoms with Crippen LogP contribution in [0.1, 0.15) is 5.69 Å². The molecule has 0 amide bonds. The Bertz CT molecular complexity index is 1050. The van der Waals surface area contributed by atoms with Crippen molar-refractivity contribution in [3.05, 3.63) is 71.6 Å².